The van der Waals surface area contributed by atoms with Crippen molar-refractivity contribution in [3.05, 3.63) is 12.2 Å². The van der Waals surface area contributed by atoms with Crippen molar-refractivity contribution in [2.24, 2.45) is 0 Å². The lowest BCUT2D eigenvalue weighted by Gasteiger charge is -2.24. The van der Waals surface area contributed by atoms with Crippen LogP contribution in [0.4, 0.5) is 0 Å². The van der Waals surface area contributed by atoms with Gasteiger partial charge in [-0.2, -0.15) is 0 Å². The van der Waals surface area contributed by atoms with Crippen molar-refractivity contribution >= 4 is 19.8 Å². The molecular formula is C26H51NO8P+. The van der Waals surface area contributed by atoms with Gasteiger partial charge in [-0.15, -0.1) is 0 Å². The smallest absolute Gasteiger partial charge is 0.462 e. The van der Waals surface area contributed by atoms with E-state index in [2.05, 4.69) is 19.1 Å². The minimum absolute atomic E-state index is 0.0301. The Morgan fingerprint density at radius 3 is 2.11 bits per heavy atom. The topological polar surface area (TPSA) is 108 Å². The van der Waals surface area contributed by atoms with Crippen LogP contribution in [-0.2, 0) is 32.7 Å². The Hall–Kier alpha value is -1.25. The Labute approximate surface area is 218 Å². The summed E-state index contributed by atoms with van der Waals surface area (Å²) in [4.78, 5) is 33.9. The van der Waals surface area contributed by atoms with E-state index in [9.17, 15) is 19.0 Å². The van der Waals surface area contributed by atoms with Crippen LogP contribution in [0.1, 0.15) is 90.9 Å². The second-order valence-electron chi connectivity index (χ2n) is 10.1. The summed E-state index contributed by atoms with van der Waals surface area (Å²) >= 11 is 0. The van der Waals surface area contributed by atoms with E-state index in [4.69, 9.17) is 18.5 Å². The number of unbranched alkanes of at least 4 members (excludes halogenated alkanes) is 7. The highest BCUT2D eigenvalue weighted by Crippen LogP contribution is 2.43. The van der Waals surface area contributed by atoms with Gasteiger partial charge < -0.3 is 18.9 Å². The molecule has 0 aromatic heterocycles. The first kappa shape index (κ1) is 34.8. The number of quaternary nitrogens is 1. The van der Waals surface area contributed by atoms with E-state index < -0.39 is 32.5 Å². The fourth-order valence-corrected chi connectivity index (χ4v) is 3.83. The summed E-state index contributed by atoms with van der Waals surface area (Å²) < 4.78 is 33.3. The van der Waals surface area contributed by atoms with Crippen LogP contribution < -0.4 is 0 Å². The number of carbonyl (C=O) groups excluding carboxylic acids is 2. The predicted octanol–water partition coefficient (Wildman–Crippen LogP) is 5.56. The molecular weight excluding hydrogens is 485 g/mol. The Morgan fingerprint density at radius 1 is 0.833 bits per heavy atom. The first-order chi connectivity index (χ1) is 17.0. The van der Waals surface area contributed by atoms with Crippen molar-refractivity contribution < 1.29 is 42.1 Å². The van der Waals surface area contributed by atoms with Crippen molar-refractivity contribution in [2.75, 3.05) is 47.5 Å². The number of allylic oxidation sites excluding steroid dienone is 2. The highest BCUT2D eigenvalue weighted by Gasteiger charge is 2.26. The van der Waals surface area contributed by atoms with Crippen LogP contribution in [0.5, 0.6) is 0 Å². The van der Waals surface area contributed by atoms with Gasteiger partial charge in [0.1, 0.15) is 19.8 Å². The summed E-state index contributed by atoms with van der Waals surface area (Å²) in [5, 5.41) is 0. The summed E-state index contributed by atoms with van der Waals surface area (Å²) in [6, 6.07) is 0. The lowest BCUT2D eigenvalue weighted by molar-refractivity contribution is -0.870. The Balaban J connectivity index is 4.39. The molecule has 0 radical (unpaired) electrons. The van der Waals surface area contributed by atoms with E-state index in [0.717, 1.165) is 38.5 Å². The summed E-state index contributed by atoms with van der Waals surface area (Å²) in [7, 11) is 1.46. The Bertz CT molecular complexity index is 663. The largest absolute Gasteiger partial charge is 0.472 e. The fourth-order valence-electron chi connectivity index (χ4n) is 3.09. The van der Waals surface area contributed by atoms with E-state index >= 15 is 0 Å². The number of hydrogen-bond donors (Lipinski definition) is 1. The number of carbonyl (C=O) groups is 2. The van der Waals surface area contributed by atoms with Gasteiger partial charge in [0.25, 0.3) is 0 Å². The number of nitrogens with zero attached hydrogens (tertiary/aromatic N) is 1. The zero-order valence-electron chi connectivity index (χ0n) is 23.2. The average molecular weight is 537 g/mol. The minimum atomic E-state index is -4.33. The molecule has 0 aromatic rings. The molecule has 0 aliphatic carbocycles. The van der Waals surface area contributed by atoms with Gasteiger partial charge in [-0.3, -0.25) is 18.6 Å². The van der Waals surface area contributed by atoms with E-state index in [1.165, 1.54) is 12.8 Å². The average Bonchev–Trinajstić information content (AvgIpc) is 2.78. The van der Waals surface area contributed by atoms with Crippen molar-refractivity contribution in [1.29, 1.82) is 0 Å². The number of likely N-dealkylation sites (N-methyl/N-ethyl adjacent to an activating group) is 1. The van der Waals surface area contributed by atoms with Crippen LogP contribution in [0.3, 0.4) is 0 Å². The molecule has 0 rings (SSSR count). The van der Waals surface area contributed by atoms with Gasteiger partial charge in [0.15, 0.2) is 6.10 Å². The predicted molar refractivity (Wildman–Crippen MR) is 141 cm³/mol. The molecule has 0 saturated heterocycles. The van der Waals surface area contributed by atoms with E-state index in [-0.39, 0.29) is 26.1 Å². The van der Waals surface area contributed by atoms with Crippen LogP contribution >= 0.6 is 7.82 Å². The molecule has 10 heteroatoms. The lowest BCUT2D eigenvalue weighted by Crippen LogP contribution is -2.37. The maximum Gasteiger partial charge on any atom is 0.472 e. The third-order valence-electron chi connectivity index (χ3n) is 5.27. The van der Waals surface area contributed by atoms with Gasteiger partial charge in [-0.25, -0.2) is 4.57 Å². The van der Waals surface area contributed by atoms with Crippen molar-refractivity contribution in [2.45, 2.75) is 97.0 Å². The highest BCUT2D eigenvalue weighted by atomic mass is 31.2. The SMILES string of the molecule is CCCC/C=C\CCCCCCCC(=O)O[C@@H](COC(=O)CCC)COP(=O)(O)OCC[N+](C)(C)C. The summed E-state index contributed by atoms with van der Waals surface area (Å²) in [6.45, 7) is 3.93. The zero-order valence-corrected chi connectivity index (χ0v) is 24.1. The zero-order chi connectivity index (χ0) is 27.3. The molecule has 0 spiro atoms. The molecule has 36 heavy (non-hydrogen) atoms. The van der Waals surface area contributed by atoms with Gasteiger partial charge in [0, 0.05) is 12.8 Å². The molecule has 0 saturated carbocycles. The number of phosphoric ester groups is 1. The van der Waals surface area contributed by atoms with Crippen LogP contribution in [-0.4, -0.2) is 74.9 Å². The molecule has 2 atom stereocenters. The molecule has 9 nitrogen and oxygen atoms in total. The lowest BCUT2D eigenvalue weighted by atomic mass is 10.1. The maximum absolute atomic E-state index is 12.3. The normalized spacial score (nSPS) is 14.5. The monoisotopic (exact) mass is 536 g/mol. The molecule has 0 aromatic carbocycles. The van der Waals surface area contributed by atoms with Gasteiger partial charge in [0.2, 0.25) is 0 Å². The molecule has 0 fully saturated rings. The van der Waals surface area contributed by atoms with E-state index in [1.807, 2.05) is 28.1 Å². The fraction of sp³-hybridized carbons (Fsp3) is 0.846. The third kappa shape index (κ3) is 23.2. The number of rotatable bonds is 23. The first-order valence-electron chi connectivity index (χ1n) is 13.4. The Kier molecular flexibility index (Phi) is 20.0. The number of ether oxygens (including phenoxy) is 2. The van der Waals surface area contributed by atoms with Crippen LogP contribution in [0, 0.1) is 0 Å². The van der Waals surface area contributed by atoms with Gasteiger partial charge >= 0.3 is 19.8 Å². The molecule has 0 heterocycles. The quantitative estimate of drug-likeness (QED) is 0.0595. The number of phosphoric acid groups is 1. The standard InChI is InChI=1S/C26H50NO8P/c1-6-8-9-10-11-12-13-14-15-16-17-19-26(29)35-24(22-32-25(28)18-7-2)23-34-36(30,31)33-21-20-27(3,4)5/h10-11,24H,6-9,12-23H2,1-5H3/p+1/b11-10-/t24-/m0/s1. The summed E-state index contributed by atoms with van der Waals surface area (Å²) in [6.07, 6.45) is 14.3. The maximum atomic E-state index is 12.3. The first-order valence-corrected chi connectivity index (χ1v) is 14.9. The molecule has 1 N–H and O–H groups in total. The van der Waals surface area contributed by atoms with E-state index in [0.29, 0.717) is 23.9 Å². The second-order valence-corrected chi connectivity index (χ2v) is 11.5. The van der Waals surface area contributed by atoms with Crippen molar-refractivity contribution in [1.82, 2.24) is 0 Å². The summed E-state index contributed by atoms with van der Waals surface area (Å²) in [5.74, 6) is -0.877. The molecule has 1 unspecified atom stereocenters. The van der Waals surface area contributed by atoms with Gasteiger partial charge in [-0.1, -0.05) is 58.1 Å². The van der Waals surface area contributed by atoms with Crippen molar-refractivity contribution in [3.8, 4) is 0 Å². The minimum Gasteiger partial charge on any atom is -0.462 e. The summed E-state index contributed by atoms with van der Waals surface area (Å²) in [5.41, 5.74) is 0. The van der Waals surface area contributed by atoms with Gasteiger partial charge in [-0.05, 0) is 32.1 Å². The molecule has 0 aliphatic heterocycles. The number of esters is 2. The van der Waals surface area contributed by atoms with Crippen LogP contribution in [0.2, 0.25) is 0 Å². The second kappa shape index (κ2) is 20.8. The molecule has 0 bridgehead atoms. The molecule has 0 aliphatic rings. The molecule has 0 amide bonds. The van der Waals surface area contributed by atoms with Gasteiger partial charge in [0.05, 0.1) is 27.7 Å². The third-order valence-corrected chi connectivity index (χ3v) is 6.25. The van der Waals surface area contributed by atoms with Crippen molar-refractivity contribution in [3.63, 3.8) is 0 Å². The highest BCUT2D eigenvalue weighted by molar-refractivity contribution is 7.47. The number of hydrogen-bond acceptors (Lipinski definition) is 7. The van der Waals surface area contributed by atoms with Crippen LogP contribution in [0.25, 0.3) is 0 Å². The molecule has 212 valence electrons. The Morgan fingerprint density at radius 2 is 1.47 bits per heavy atom. The van der Waals surface area contributed by atoms with E-state index in [1.54, 1.807) is 0 Å². The van der Waals surface area contributed by atoms with Crippen LogP contribution in [0.15, 0.2) is 12.2 Å².